The summed E-state index contributed by atoms with van der Waals surface area (Å²) in [6.07, 6.45) is 0.160. The van der Waals surface area contributed by atoms with Crippen molar-refractivity contribution in [3.05, 3.63) is 17.0 Å². The summed E-state index contributed by atoms with van der Waals surface area (Å²) in [5, 5.41) is 4.63. The van der Waals surface area contributed by atoms with Crippen LogP contribution in [0, 0.1) is 5.92 Å². The third-order valence-electron chi connectivity index (χ3n) is 5.12. The van der Waals surface area contributed by atoms with E-state index >= 15 is 0 Å². The largest absolute Gasteiger partial charge is 0.444 e. The highest BCUT2D eigenvalue weighted by molar-refractivity contribution is 5.95. The van der Waals surface area contributed by atoms with Crippen molar-refractivity contribution in [2.45, 2.75) is 65.8 Å². The van der Waals surface area contributed by atoms with Gasteiger partial charge in [-0.15, -0.1) is 0 Å². The molecule has 1 aromatic rings. The van der Waals surface area contributed by atoms with Crippen LogP contribution < -0.4 is 0 Å². The van der Waals surface area contributed by atoms with E-state index in [1.165, 1.54) is 0 Å². The van der Waals surface area contributed by atoms with E-state index in [-0.39, 0.29) is 30.2 Å². The van der Waals surface area contributed by atoms with Gasteiger partial charge in [0.05, 0.1) is 24.7 Å². The number of ketones is 1. The highest BCUT2D eigenvalue weighted by Gasteiger charge is 2.38. The maximum Gasteiger partial charge on any atom is 0.410 e. The average molecular weight is 376 g/mol. The third-order valence-corrected chi connectivity index (χ3v) is 5.12. The summed E-state index contributed by atoms with van der Waals surface area (Å²) in [4.78, 5) is 40.7. The van der Waals surface area contributed by atoms with Gasteiger partial charge in [0.15, 0.2) is 0 Å². The first-order valence-corrected chi connectivity index (χ1v) is 9.32. The van der Waals surface area contributed by atoms with Crippen LogP contribution in [0.4, 0.5) is 4.79 Å². The van der Waals surface area contributed by atoms with Crippen molar-refractivity contribution in [3.8, 4) is 0 Å². The maximum atomic E-state index is 12.9. The number of carbonyl (C=O) groups excluding carboxylic acids is 3. The molecule has 2 unspecified atom stereocenters. The predicted octanol–water partition coefficient (Wildman–Crippen LogP) is 1.86. The SMILES string of the molecule is CC(=O)C1CN(C)C(=O)c2c3c(nn2C1)CC(C)N(C(=O)OC(C)(C)C)C3. The summed E-state index contributed by atoms with van der Waals surface area (Å²) in [6.45, 7) is 10.0. The average Bonchev–Trinajstić information content (AvgIpc) is 2.81. The molecule has 3 rings (SSSR count). The molecule has 0 saturated carbocycles. The molecule has 1 aromatic heterocycles. The summed E-state index contributed by atoms with van der Waals surface area (Å²) >= 11 is 0. The number of carbonyl (C=O) groups is 3. The van der Waals surface area contributed by atoms with E-state index in [0.717, 1.165) is 11.3 Å². The van der Waals surface area contributed by atoms with E-state index in [9.17, 15) is 14.4 Å². The molecule has 2 amide bonds. The Morgan fingerprint density at radius 3 is 2.48 bits per heavy atom. The lowest BCUT2D eigenvalue weighted by atomic mass is 9.99. The lowest BCUT2D eigenvalue weighted by molar-refractivity contribution is -0.121. The van der Waals surface area contributed by atoms with Crippen LogP contribution >= 0.6 is 0 Å². The molecule has 2 aliphatic rings. The molecule has 0 spiro atoms. The van der Waals surface area contributed by atoms with Crippen LogP contribution in [0.2, 0.25) is 0 Å². The minimum atomic E-state index is -0.586. The standard InChI is InChI=1S/C19H28N4O4/c1-11-7-15-14(10-22(11)18(26)27-19(3,4)5)16-17(25)21(6)8-13(12(2)24)9-23(16)20-15/h11,13H,7-10H2,1-6H3. The first-order chi connectivity index (χ1) is 12.5. The molecule has 8 heteroatoms. The van der Waals surface area contributed by atoms with Gasteiger partial charge in [-0.05, 0) is 34.6 Å². The van der Waals surface area contributed by atoms with Crippen LogP contribution in [0.1, 0.15) is 56.4 Å². The van der Waals surface area contributed by atoms with Crippen molar-refractivity contribution in [1.29, 1.82) is 0 Å². The van der Waals surface area contributed by atoms with Crippen molar-refractivity contribution in [3.63, 3.8) is 0 Å². The zero-order valence-corrected chi connectivity index (χ0v) is 16.9. The topological polar surface area (TPSA) is 84.7 Å². The fraction of sp³-hybridized carbons (Fsp3) is 0.684. The molecule has 27 heavy (non-hydrogen) atoms. The van der Waals surface area contributed by atoms with Gasteiger partial charge in [-0.3, -0.25) is 14.3 Å². The molecule has 0 bridgehead atoms. The van der Waals surface area contributed by atoms with Gasteiger partial charge in [0, 0.05) is 31.6 Å². The number of nitrogens with zero attached hydrogens (tertiary/aromatic N) is 4. The van der Waals surface area contributed by atoms with Gasteiger partial charge < -0.3 is 14.5 Å². The molecule has 2 aliphatic heterocycles. The van der Waals surface area contributed by atoms with E-state index in [1.54, 1.807) is 28.5 Å². The molecule has 148 valence electrons. The molecule has 2 atom stereocenters. The van der Waals surface area contributed by atoms with Crippen LogP contribution in [0.15, 0.2) is 0 Å². The molecule has 3 heterocycles. The summed E-state index contributed by atoms with van der Waals surface area (Å²) in [5.74, 6) is -0.396. The Balaban J connectivity index is 1.96. The van der Waals surface area contributed by atoms with Gasteiger partial charge >= 0.3 is 6.09 Å². The minimum Gasteiger partial charge on any atom is -0.444 e. The predicted molar refractivity (Wildman–Crippen MR) is 98.3 cm³/mol. The Morgan fingerprint density at radius 1 is 1.22 bits per heavy atom. The monoisotopic (exact) mass is 376 g/mol. The smallest absolute Gasteiger partial charge is 0.410 e. The Labute approximate surface area is 159 Å². The minimum absolute atomic E-state index is 0.0414. The van der Waals surface area contributed by atoms with Crippen molar-refractivity contribution in [1.82, 2.24) is 19.6 Å². The fourth-order valence-corrected chi connectivity index (χ4v) is 3.65. The maximum absolute atomic E-state index is 12.9. The summed E-state index contributed by atoms with van der Waals surface area (Å²) in [6, 6.07) is -0.0806. The van der Waals surface area contributed by atoms with Gasteiger partial charge in [-0.2, -0.15) is 5.10 Å². The molecule has 0 saturated heterocycles. The van der Waals surface area contributed by atoms with Crippen LogP contribution in [0.3, 0.4) is 0 Å². The zero-order chi connectivity index (χ0) is 20.1. The van der Waals surface area contributed by atoms with Crippen LogP contribution in [-0.2, 0) is 29.0 Å². The summed E-state index contributed by atoms with van der Waals surface area (Å²) in [7, 11) is 1.70. The molecule has 0 radical (unpaired) electrons. The van der Waals surface area contributed by atoms with Gasteiger partial charge in [0.2, 0.25) is 0 Å². The Hall–Kier alpha value is -2.38. The van der Waals surface area contributed by atoms with E-state index in [1.807, 2.05) is 27.7 Å². The number of rotatable bonds is 1. The highest BCUT2D eigenvalue weighted by atomic mass is 16.6. The van der Waals surface area contributed by atoms with Crippen molar-refractivity contribution in [2.24, 2.45) is 5.92 Å². The molecule has 0 aromatic carbocycles. The van der Waals surface area contributed by atoms with E-state index < -0.39 is 11.7 Å². The second kappa shape index (κ2) is 6.65. The fourth-order valence-electron chi connectivity index (χ4n) is 3.65. The second-order valence-corrected chi connectivity index (χ2v) is 8.61. The third kappa shape index (κ3) is 3.70. The highest BCUT2D eigenvalue weighted by Crippen LogP contribution is 2.30. The van der Waals surface area contributed by atoms with Crippen LogP contribution in [-0.4, -0.2) is 62.6 Å². The summed E-state index contributed by atoms with van der Waals surface area (Å²) < 4.78 is 7.18. The summed E-state index contributed by atoms with van der Waals surface area (Å²) in [5.41, 5.74) is 1.48. The van der Waals surface area contributed by atoms with E-state index in [2.05, 4.69) is 5.10 Å². The van der Waals surface area contributed by atoms with Crippen LogP contribution in [0.5, 0.6) is 0 Å². The number of amides is 2. The number of fused-ring (bicyclic) bond motifs is 3. The normalized spacial score (nSPS) is 22.8. The van der Waals surface area contributed by atoms with Gasteiger partial charge in [0.1, 0.15) is 17.1 Å². The number of hydrogen-bond acceptors (Lipinski definition) is 5. The zero-order valence-electron chi connectivity index (χ0n) is 16.9. The number of ether oxygens (including phenoxy) is 1. The van der Waals surface area contributed by atoms with E-state index in [4.69, 9.17) is 4.74 Å². The molecule has 0 aliphatic carbocycles. The number of hydrogen-bond donors (Lipinski definition) is 0. The quantitative estimate of drug-likeness (QED) is 0.747. The lowest BCUT2D eigenvalue weighted by Gasteiger charge is -2.34. The Morgan fingerprint density at radius 2 is 1.89 bits per heavy atom. The number of Topliss-reactive ketones (excluding diaryl/α,β-unsaturated/α-hetero) is 1. The van der Waals surface area contributed by atoms with Crippen LogP contribution in [0.25, 0.3) is 0 Å². The van der Waals surface area contributed by atoms with Gasteiger partial charge in [-0.25, -0.2) is 4.79 Å². The Kier molecular flexibility index (Phi) is 4.78. The van der Waals surface area contributed by atoms with Crippen molar-refractivity contribution >= 4 is 17.8 Å². The first kappa shape index (κ1) is 19.4. The first-order valence-electron chi connectivity index (χ1n) is 9.32. The van der Waals surface area contributed by atoms with Crippen molar-refractivity contribution in [2.75, 3.05) is 13.6 Å². The lowest BCUT2D eigenvalue weighted by Crippen LogP contribution is -2.45. The van der Waals surface area contributed by atoms with E-state index in [0.29, 0.717) is 25.2 Å². The molecular weight excluding hydrogens is 348 g/mol. The molecular formula is C19H28N4O4. The van der Waals surface area contributed by atoms with Gasteiger partial charge in [-0.1, -0.05) is 0 Å². The number of aromatic nitrogens is 2. The Bertz CT molecular complexity index is 792. The van der Waals surface area contributed by atoms with Crippen molar-refractivity contribution < 1.29 is 19.1 Å². The van der Waals surface area contributed by atoms with Gasteiger partial charge in [0.25, 0.3) is 5.91 Å². The molecule has 0 N–H and O–H groups in total. The second-order valence-electron chi connectivity index (χ2n) is 8.61. The molecule has 8 nitrogen and oxygen atoms in total. The molecule has 0 fully saturated rings.